The largest absolute Gasteiger partial charge is 0.207 e. The quantitative estimate of drug-likeness (QED) is 0.348. The second-order valence-corrected chi connectivity index (χ2v) is 9.06. The van der Waals surface area contributed by atoms with E-state index in [9.17, 15) is 8.78 Å². The molecule has 1 aliphatic carbocycles. The van der Waals surface area contributed by atoms with E-state index in [4.69, 9.17) is 11.6 Å². The van der Waals surface area contributed by atoms with Gasteiger partial charge in [-0.15, -0.1) is 11.8 Å². The maximum absolute atomic E-state index is 15.0. The lowest BCUT2D eigenvalue weighted by molar-refractivity contribution is 0.312. The summed E-state index contributed by atoms with van der Waals surface area (Å²) in [5.74, 6) is 7.11. The van der Waals surface area contributed by atoms with Gasteiger partial charge in [-0.2, -0.15) is 0 Å². The molecule has 1 aliphatic rings. The Labute approximate surface area is 197 Å². The van der Waals surface area contributed by atoms with Crippen LogP contribution >= 0.6 is 11.6 Å². The number of hydrogen-bond acceptors (Lipinski definition) is 0. The van der Waals surface area contributed by atoms with Crippen molar-refractivity contribution in [2.75, 3.05) is 0 Å². The van der Waals surface area contributed by atoms with Crippen molar-refractivity contribution in [3.05, 3.63) is 70.8 Å². The third kappa shape index (κ3) is 6.94. The first-order chi connectivity index (χ1) is 15.6. The van der Waals surface area contributed by atoms with Gasteiger partial charge in [0.05, 0.1) is 0 Å². The van der Waals surface area contributed by atoms with E-state index in [1.807, 2.05) is 12.1 Å². The molecule has 0 aromatic heterocycles. The van der Waals surface area contributed by atoms with Crippen molar-refractivity contribution in [1.82, 2.24) is 0 Å². The van der Waals surface area contributed by atoms with Gasteiger partial charge in [-0.05, 0) is 92.0 Å². The Morgan fingerprint density at radius 2 is 1.75 bits per heavy atom. The van der Waals surface area contributed by atoms with Crippen LogP contribution in [0.4, 0.5) is 8.78 Å². The fraction of sp³-hybridized carbons (Fsp3) is 0.448. The minimum Gasteiger partial charge on any atom is -0.207 e. The minimum atomic E-state index is -0.299. The Balaban J connectivity index is 1.59. The van der Waals surface area contributed by atoms with Crippen LogP contribution < -0.4 is 0 Å². The zero-order valence-electron chi connectivity index (χ0n) is 19.0. The van der Waals surface area contributed by atoms with E-state index < -0.39 is 0 Å². The molecule has 3 rings (SSSR count). The van der Waals surface area contributed by atoms with E-state index in [0.717, 1.165) is 43.6 Å². The molecule has 0 spiro atoms. The highest BCUT2D eigenvalue weighted by Gasteiger charge is 2.23. The summed E-state index contributed by atoms with van der Waals surface area (Å²) in [7, 11) is 0. The molecular weight excluding hydrogens is 422 g/mol. The van der Waals surface area contributed by atoms with Gasteiger partial charge >= 0.3 is 0 Å². The first kappa shape index (κ1) is 24.5. The molecule has 0 radical (unpaired) electrons. The van der Waals surface area contributed by atoms with Crippen molar-refractivity contribution in [2.24, 2.45) is 5.92 Å². The second-order valence-electron chi connectivity index (χ2n) is 8.81. The summed E-state index contributed by atoms with van der Waals surface area (Å²) < 4.78 is 29.4. The number of aryl methyl sites for hydroxylation is 1. The Morgan fingerprint density at radius 1 is 0.969 bits per heavy atom. The molecule has 0 amide bonds. The smallest absolute Gasteiger partial charge is 0.131 e. The molecule has 1 saturated carbocycles. The lowest BCUT2D eigenvalue weighted by atomic mass is 9.77. The SMILES string of the molecule is CCCC#CCC[C@H]1CC[C@H](c2ccc(-c3ccc(CC/C=C/Cl)c(F)c3)c(F)c2)CC1. The van der Waals surface area contributed by atoms with Crippen LogP contribution in [0.2, 0.25) is 0 Å². The normalized spacial score (nSPS) is 18.5. The standard InChI is InChI=1S/C29H33ClF2/c1-2-3-4-5-6-9-22-11-13-23(14-12-22)25-17-18-27(29(32)20-25)26-16-15-24(28(31)21-26)10-7-8-19-30/h8,15-23H,2-3,6-7,9-14H2,1H3/b19-8+/t22-,23-. The summed E-state index contributed by atoms with van der Waals surface area (Å²) in [6.07, 6.45) is 11.9. The molecule has 170 valence electrons. The zero-order chi connectivity index (χ0) is 22.8. The van der Waals surface area contributed by atoms with Gasteiger partial charge in [-0.25, -0.2) is 8.78 Å². The molecule has 2 aromatic rings. The summed E-state index contributed by atoms with van der Waals surface area (Å²) in [5.41, 5.74) is 4.17. The summed E-state index contributed by atoms with van der Waals surface area (Å²) >= 11 is 5.52. The molecule has 0 N–H and O–H groups in total. The number of halogens is 3. The van der Waals surface area contributed by atoms with Crippen LogP contribution in [0.15, 0.2) is 48.0 Å². The van der Waals surface area contributed by atoms with Crippen LogP contribution in [-0.2, 0) is 6.42 Å². The number of allylic oxidation sites excluding steroid dienone is 1. The van der Waals surface area contributed by atoms with Crippen LogP contribution in [-0.4, -0.2) is 0 Å². The zero-order valence-corrected chi connectivity index (χ0v) is 19.7. The Bertz CT molecular complexity index is 959. The number of unbranched alkanes of at least 4 members (excludes halogenated alkanes) is 1. The molecule has 0 bridgehead atoms. The van der Waals surface area contributed by atoms with E-state index in [2.05, 4.69) is 18.8 Å². The Kier molecular flexibility index (Phi) is 9.82. The van der Waals surface area contributed by atoms with Crippen LogP contribution in [0, 0.1) is 29.4 Å². The fourth-order valence-corrected chi connectivity index (χ4v) is 4.73. The summed E-state index contributed by atoms with van der Waals surface area (Å²) in [4.78, 5) is 0. The van der Waals surface area contributed by atoms with Crippen LogP contribution in [0.25, 0.3) is 11.1 Å². The van der Waals surface area contributed by atoms with Gasteiger partial charge in [0.15, 0.2) is 0 Å². The van der Waals surface area contributed by atoms with E-state index >= 15 is 0 Å². The van der Waals surface area contributed by atoms with Crippen molar-refractivity contribution in [3.8, 4) is 23.0 Å². The molecule has 1 fully saturated rings. The average molecular weight is 455 g/mol. The highest BCUT2D eigenvalue weighted by atomic mass is 35.5. The fourth-order valence-electron chi connectivity index (χ4n) is 4.60. The van der Waals surface area contributed by atoms with Crippen LogP contribution in [0.3, 0.4) is 0 Å². The van der Waals surface area contributed by atoms with Gasteiger partial charge in [0.2, 0.25) is 0 Å². The lowest BCUT2D eigenvalue weighted by Crippen LogP contribution is -2.13. The average Bonchev–Trinajstić information content (AvgIpc) is 2.80. The van der Waals surface area contributed by atoms with Gasteiger partial charge in [0.25, 0.3) is 0 Å². The number of hydrogen-bond donors (Lipinski definition) is 0. The van der Waals surface area contributed by atoms with E-state index in [-0.39, 0.29) is 11.6 Å². The highest BCUT2D eigenvalue weighted by Crippen LogP contribution is 2.38. The molecule has 0 atom stereocenters. The van der Waals surface area contributed by atoms with Crippen molar-refractivity contribution in [2.45, 2.75) is 77.0 Å². The van der Waals surface area contributed by atoms with Gasteiger partial charge in [0.1, 0.15) is 11.6 Å². The van der Waals surface area contributed by atoms with Crippen molar-refractivity contribution < 1.29 is 8.78 Å². The highest BCUT2D eigenvalue weighted by molar-refractivity contribution is 6.25. The van der Waals surface area contributed by atoms with Crippen molar-refractivity contribution in [3.63, 3.8) is 0 Å². The number of benzene rings is 2. The van der Waals surface area contributed by atoms with Crippen LogP contribution in [0.5, 0.6) is 0 Å². The summed E-state index contributed by atoms with van der Waals surface area (Å²) in [5, 5.41) is 0. The first-order valence-electron chi connectivity index (χ1n) is 11.9. The van der Waals surface area contributed by atoms with E-state index in [1.165, 1.54) is 30.9 Å². The summed E-state index contributed by atoms with van der Waals surface area (Å²) in [6.45, 7) is 2.16. The minimum absolute atomic E-state index is 0.270. The van der Waals surface area contributed by atoms with Crippen molar-refractivity contribution >= 4 is 11.6 Å². The monoisotopic (exact) mass is 454 g/mol. The lowest BCUT2D eigenvalue weighted by Gasteiger charge is -2.28. The molecule has 3 heteroatoms. The Morgan fingerprint density at radius 3 is 2.44 bits per heavy atom. The topological polar surface area (TPSA) is 0 Å². The van der Waals surface area contributed by atoms with Crippen LogP contribution in [0.1, 0.15) is 81.8 Å². The predicted octanol–water partition coefficient (Wildman–Crippen LogP) is 9.17. The molecular formula is C29H33ClF2. The summed E-state index contributed by atoms with van der Waals surface area (Å²) in [6, 6.07) is 10.5. The molecule has 0 heterocycles. The first-order valence-corrected chi connectivity index (χ1v) is 12.3. The third-order valence-electron chi connectivity index (χ3n) is 6.52. The Hall–Kier alpha value is -2.11. The predicted molar refractivity (Wildman–Crippen MR) is 132 cm³/mol. The molecule has 0 saturated heterocycles. The van der Waals surface area contributed by atoms with E-state index in [1.54, 1.807) is 24.3 Å². The second kappa shape index (κ2) is 12.8. The maximum atomic E-state index is 15.0. The van der Waals surface area contributed by atoms with E-state index in [0.29, 0.717) is 35.4 Å². The molecule has 2 aromatic carbocycles. The third-order valence-corrected chi connectivity index (χ3v) is 6.70. The van der Waals surface area contributed by atoms with Gasteiger partial charge in [-0.3, -0.25) is 0 Å². The molecule has 0 aliphatic heterocycles. The van der Waals surface area contributed by atoms with Crippen molar-refractivity contribution in [1.29, 1.82) is 0 Å². The number of rotatable bonds is 8. The van der Waals surface area contributed by atoms with Gasteiger partial charge < -0.3 is 0 Å². The maximum Gasteiger partial charge on any atom is 0.131 e. The van der Waals surface area contributed by atoms with Gasteiger partial charge in [0, 0.05) is 23.9 Å². The molecule has 32 heavy (non-hydrogen) atoms. The van der Waals surface area contributed by atoms with Gasteiger partial charge in [-0.1, -0.05) is 48.9 Å². The molecule has 0 unspecified atom stereocenters. The molecule has 0 nitrogen and oxygen atoms in total.